The van der Waals surface area contributed by atoms with Crippen LogP contribution in [0.25, 0.3) is 11.0 Å². The number of amides is 1. The van der Waals surface area contributed by atoms with Gasteiger partial charge in [-0.15, -0.1) is 0 Å². The predicted octanol–water partition coefficient (Wildman–Crippen LogP) is 5.53. The van der Waals surface area contributed by atoms with Crippen molar-refractivity contribution in [2.45, 2.75) is 39.7 Å². The molecule has 1 aliphatic rings. The number of anilines is 1. The lowest BCUT2D eigenvalue weighted by Crippen LogP contribution is -2.26. The molecule has 4 aromatic rings. The van der Waals surface area contributed by atoms with E-state index in [1.165, 1.54) is 11.1 Å². The molecule has 0 spiro atoms. The Morgan fingerprint density at radius 1 is 0.903 bits per heavy atom. The summed E-state index contributed by atoms with van der Waals surface area (Å²) in [5, 5.41) is 0. The Morgan fingerprint density at radius 2 is 1.61 bits per heavy atom. The third kappa shape index (κ3) is 3.52. The summed E-state index contributed by atoms with van der Waals surface area (Å²) >= 11 is 0. The summed E-state index contributed by atoms with van der Waals surface area (Å²) in [5.41, 5.74) is 7.94. The first-order valence-electron chi connectivity index (χ1n) is 10.9. The first kappa shape index (κ1) is 19.6. The highest BCUT2D eigenvalue weighted by Crippen LogP contribution is 2.36. The molecule has 156 valence electrons. The normalized spacial score (nSPS) is 16.4. The maximum Gasteiger partial charge on any atom is 0.227 e. The van der Waals surface area contributed by atoms with Crippen molar-refractivity contribution in [1.82, 2.24) is 9.55 Å². The summed E-state index contributed by atoms with van der Waals surface area (Å²) < 4.78 is 2.30. The number of imidazole rings is 1. The zero-order chi connectivity index (χ0) is 21.5. The van der Waals surface area contributed by atoms with Crippen molar-refractivity contribution in [3.8, 4) is 0 Å². The number of benzene rings is 3. The van der Waals surface area contributed by atoms with Crippen LogP contribution in [-0.2, 0) is 11.3 Å². The van der Waals surface area contributed by atoms with Crippen molar-refractivity contribution in [3.05, 3.63) is 94.8 Å². The van der Waals surface area contributed by atoms with E-state index in [0.29, 0.717) is 13.0 Å². The third-order valence-electron chi connectivity index (χ3n) is 6.34. The van der Waals surface area contributed by atoms with Gasteiger partial charge in [-0.2, -0.15) is 0 Å². The first-order valence-corrected chi connectivity index (χ1v) is 10.9. The van der Waals surface area contributed by atoms with E-state index >= 15 is 0 Å². The third-order valence-corrected chi connectivity index (χ3v) is 6.34. The Kier molecular flexibility index (Phi) is 4.85. The summed E-state index contributed by atoms with van der Waals surface area (Å²) in [5.74, 6) is 1.25. The fourth-order valence-corrected chi connectivity index (χ4v) is 4.78. The fourth-order valence-electron chi connectivity index (χ4n) is 4.78. The van der Waals surface area contributed by atoms with Crippen LogP contribution < -0.4 is 4.90 Å². The Morgan fingerprint density at radius 3 is 2.35 bits per heavy atom. The van der Waals surface area contributed by atoms with Gasteiger partial charge in [0.25, 0.3) is 0 Å². The Bertz CT molecular complexity index is 1250. The SMILES string of the molecule is Cc1ccc(Cn2c([C@@H]3CC(=O)N(c4c(C)cccc4C)C3)nc3ccccc32)cc1. The van der Waals surface area contributed by atoms with E-state index in [2.05, 4.69) is 79.9 Å². The molecule has 0 bridgehead atoms. The van der Waals surface area contributed by atoms with Gasteiger partial charge in [0, 0.05) is 31.1 Å². The van der Waals surface area contributed by atoms with Crippen molar-refractivity contribution in [2.75, 3.05) is 11.4 Å². The van der Waals surface area contributed by atoms with E-state index in [9.17, 15) is 4.79 Å². The lowest BCUT2D eigenvalue weighted by atomic mass is 10.1. The summed E-state index contributed by atoms with van der Waals surface area (Å²) in [6, 6.07) is 23.1. The van der Waals surface area contributed by atoms with E-state index in [4.69, 9.17) is 4.98 Å². The maximum absolute atomic E-state index is 13.1. The number of nitrogens with zero attached hydrogens (tertiary/aromatic N) is 3. The topological polar surface area (TPSA) is 38.1 Å². The number of rotatable bonds is 4. The smallest absolute Gasteiger partial charge is 0.227 e. The lowest BCUT2D eigenvalue weighted by Gasteiger charge is -2.21. The molecule has 1 atom stereocenters. The van der Waals surface area contributed by atoms with Gasteiger partial charge in [-0.3, -0.25) is 4.79 Å². The van der Waals surface area contributed by atoms with E-state index in [1.807, 2.05) is 17.0 Å². The van der Waals surface area contributed by atoms with Gasteiger partial charge in [0.05, 0.1) is 11.0 Å². The number of hydrogen-bond acceptors (Lipinski definition) is 2. The van der Waals surface area contributed by atoms with Gasteiger partial charge < -0.3 is 9.47 Å². The summed E-state index contributed by atoms with van der Waals surface area (Å²) in [6.45, 7) is 7.69. The number of aromatic nitrogens is 2. The Hall–Kier alpha value is -3.40. The molecule has 0 unspecified atom stereocenters. The number of carbonyl (C=O) groups excluding carboxylic acids is 1. The second-order valence-corrected chi connectivity index (χ2v) is 8.68. The molecule has 0 radical (unpaired) electrons. The number of fused-ring (bicyclic) bond motifs is 1. The van der Waals surface area contributed by atoms with Crippen LogP contribution in [0.5, 0.6) is 0 Å². The van der Waals surface area contributed by atoms with Gasteiger partial charge in [0.15, 0.2) is 0 Å². The second-order valence-electron chi connectivity index (χ2n) is 8.68. The zero-order valence-electron chi connectivity index (χ0n) is 18.3. The zero-order valence-corrected chi connectivity index (χ0v) is 18.3. The lowest BCUT2D eigenvalue weighted by molar-refractivity contribution is -0.117. The van der Waals surface area contributed by atoms with Gasteiger partial charge in [0.2, 0.25) is 5.91 Å². The monoisotopic (exact) mass is 409 g/mol. The van der Waals surface area contributed by atoms with Crippen LogP contribution in [0, 0.1) is 20.8 Å². The van der Waals surface area contributed by atoms with Crippen LogP contribution in [0.3, 0.4) is 0 Å². The molecule has 0 aliphatic carbocycles. The van der Waals surface area contributed by atoms with Crippen molar-refractivity contribution >= 4 is 22.6 Å². The minimum atomic E-state index is 0.0735. The fraction of sp³-hybridized carbons (Fsp3) is 0.259. The molecule has 1 fully saturated rings. The Labute approximate surface area is 183 Å². The molecule has 1 saturated heterocycles. The molecule has 0 N–H and O–H groups in total. The maximum atomic E-state index is 13.1. The minimum absolute atomic E-state index is 0.0735. The molecule has 31 heavy (non-hydrogen) atoms. The molecular weight excluding hydrogens is 382 g/mol. The van der Waals surface area contributed by atoms with Crippen molar-refractivity contribution in [2.24, 2.45) is 0 Å². The van der Waals surface area contributed by atoms with Crippen LogP contribution in [0.2, 0.25) is 0 Å². The largest absolute Gasteiger partial charge is 0.323 e. The molecule has 1 amide bonds. The molecule has 4 heteroatoms. The summed E-state index contributed by atoms with van der Waals surface area (Å²) in [6.07, 6.45) is 0.491. The van der Waals surface area contributed by atoms with Crippen LogP contribution in [0.1, 0.15) is 40.4 Å². The van der Waals surface area contributed by atoms with E-state index in [-0.39, 0.29) is 11.8 Å². The predicted molar refractivity (Wildman–Crippen MR) is 126 cm³/mol. The van der Waals surface area contributed by atoms with Crippen LogP contribution in [-0.4, -0.2) is 22.0 Å². The highest BCUT2D eigenvalue weighted by Gasteiger charge is 2.35. The molecular formula is C27H27N3O. The van der Waals surface area contributed by atoms with Crippen LogP contribution in [0.4, 0.5) is 5.69 Å². The average Bonchev–Trinajstić information content (AvgIpc) is 3.31. The van der Waals surface area contributed by atoms with Crippen molar-refractivity contribution in [3.63, 3.8) is 0 Å². The highest BCUT2D eigenvalue weighted by molar-refractivity contribution is 5.98. The van der Waals surface area contributed by atoms with Crippen molar-refractivity contribution in [1.29, 1.82) is 0 Å². The van der Waals surface area contributed by atoms with E-state index < -0.39 is 0 Å². The van der Waals surface area contributed by atoms with Crippen molar-refractivity contribution < 1.29 is 4.79 Å². The van der Waals surface area contributed by atoms with E-state index in [0.717, 1.165) is 40.2 Å². The highest BCUT2D eigenvalue weighted by atomic mass is 16.2. The Balaban J connectivity index is 1.54. The van der Waals surface area contributed by atoms with E-state index in [1.54, 1.807) is 0 Å². The standard InChI is InChI=1S/C27H27N3O/c1-18-11-13-21(14-12-18)16-29-24-10-5-4-9-23(24)28-27(29)22-15-25(31)30(17-22)26-19(2)7-6-8-20(26)3/h4-14,22H,15-17H2,1-3H3/t22-/m1/s1. The second kappa shape index (κ2) is 7.69. The molecule has 2 heterocycles. The number of aryl methyl sites for hydroxylation is 3. The number of carbonyl (C=O) groups is 1. The minimum Gasteiger partial charge on any atom is -0.323 e. The average molecular weight is 410 g/mol. The van der Waals surface area contributed by atoms with Gasteiger partial charge >= 0.3 is 0 Å². The quantitative estimate of drug-likeness (QED) is 0.444. The van der Waals surface area contributed by atoms with Gasteiger partial charge in [0.1, 0.15) is 5.82 Å². The molecule has 1 aliphatic heterocycles. The first-order chi connectivity index (χ1) is 15.0. The molecule has 4 nitrogen and oxygen atoms in total. The molecule has 1 aromatic heterocycles. The summed E-state index contributed by atoms with van der Waals surface area (Å²) in [4.78, 5) is 20.0. The molecule has 3 aromatic carbocycles. The number of para-hydroxylation sites is 3. The molecule has 5 rings (SSSR count). The van der Waals surface area contributed by atoms with Gasteiger partial charge in [-0.1, -0.05) is 60.2 Å². The summed E-state index contributed by atoms with van der Waals surface area (Å²) in [7, 11) is 0. The van der Waals surface area contributed by atoms with Crippen LogP contribution in [0.15, 0.2) is 66.7 Å². The molecule has 0 saturated carbocycles. The van der Waals surface area contributed by atoms with Crippen LogP contribution >= 0.6 is 0 Å². The number of hydrogen-bond donors (Lipinski definition) is 0. The van der Waals surface area contributed by atoms with Gasteiger partial charge in [-0.25, -0.2) is 4.98 Å². The van der Waals surface area contributed by atoms with Gasteiger partial charge in [-0.05, 0) is 49.6 Å².